The van der Waals surface area contributed by atoms with E-state index < -0.39 is 45.2 Å². The molecule has 0 spiro atoms. The largest absolute Gasteiger partial charge is 0.352 e. The van der Waals surface area contributed by atoms with Crippen molar-refractivity contribution in [3.63, 3.8) is 0 Å². The zero-order valence-electron chi connectivity index (χ0n) is 24.7. The summed E-state index contributed by atoms with van der Waals surface area (Å²) < 4.78 is 43.7. The number of nitrogens with zero attached hydrogens (tertiary/aromatic N) is 3. The number of carbonyl (C=O) groups excluding carboxylic acids is 2. The lowest BCUT2D eigenvalue weighted by atomic mass is 10.0. The molecule has 45 heavy (non-hydrogen) atoms. The van der Waals surface area contributed by atoms with E-state index in [1.54, 1.807) is 56.3 Å². The monoisotopic (exact) mass is 632 g/mol. The summed E-state index contributed by atoms with van der Waals surface area (Å²) in [5, 5.41) is 14.4. The molecule has 12 heteroatoms. The lowest BCUT2D eigenvalue weighted by Crippen LogP contribution is -2.54. The van der Waals surface area contributed by atoms with E-state index in [0.29, 0.717) is 0 Å². The number of halogens is 1. The van der Waals surface area contributed by atoms with Gasteiger partial charge in [-0.15, -0.1) is 0 Å². The lowest BCUT2D eigenvalue weighted by Gasteiger charge is -2.34. The number of hydrogen-bond donors (Lipinski definition) is 1. The van der Waals surface area contributed by atoms with E-state index in [9.17, 15) is 32.5 Å². The zero-order valence-corrected chi connectivity index (χ0v) is 25.6. The van der Waals surface area contributed by atoms with Crippen LogP contribution in [-0.4, -0.2) is 48.7 Å². The standard InChI is InChI=1S/C33H33FN4O6S/c1-24(2)35-33(40)31(20-25-12-5-3-6-13-25)36(22-26-14-9-10-19-30(26)34)32(39)23-37(27-15-11-16-28(21-27)38(41)42)45(43,44)29-17-7-4-8-18-29/h3-19,21,24,31H,20,22-23H2,1-2H3,(H,35,40)/t31-/m0/s1. The molecule has 4 aromatic rings. The lowest BCUT2D eigenvalue weighted by molar-refractivity contribution is -0.384. The fourth-order valence-electron chi connectivity index (χ4n) is 4.75. The van der Waals surface area contributed by atoms with Gasteiger partial charge in [0.2, 0.25) is 11.8 Å². The number of nitro groups is 1. The minimum Gasteiger partial charge on any atom is -0.352 e. The van der Waals surface area contributed by atoms with Crippen molar-refractivity contribution in [2.75, 3.05) is 10.8 Å². The summed E-state index contributed by atoms with van der Waals surface area (Å²) in [4.78, 5) is 39.9. The Kier molecular flexibility index (Phi) is 10.6. The SMILES string of the molecule is CC(C)NC(=O)[C@H](Cc1ccccc1)N(Cc1ccccc1F)C(=O)CN(c1cccc([N+](=O)[O-])c1)S(=O)(=O)c1ccccc1. The van der Waals surface area contributed by atoms with E-state index in [4.69, 9.17) is 0 Å². The van der Waals surface area contributed by atoms with E-state index in [-0.39, 0.29) is 40.8 Å². The van der Waals surface area contributed by atoms with Crippen molar-refractivity contribution >= 4 is 33.2 Å². The van der Waals surface area contributed by atoms with Crippen LogP contribution in [0.3, 0.4) is 0 Å². The molecule has 0 saturated heterocycles. The summed E-state index contributed by atoms with van der Waals surface area (Å²) in [6, 6.07) is 25.6. The van der Waals surface area contributed by atoms with Crippen molar-refractivity contribution in [1.82, 2.24) is 10.2 Å². The van der Waals surface area contributed by atoms with E-state index in [0.717, 1.165) is 20.8 Å². The highest BCUT2D eigenvalue weighted by Crippen LogP contribution is 2.28. The third kappa shape index (κ3) is 8.30. The number of amides is 2. The Morgan fingerprint density at radius 3 is 2.13 bits per heavy atom. The molecule has 0 saturated carbocycles. The molecule has 1 atom stereocenters. The maximum Gasteiger partial charge on any atom is 0.271 e. The molecular weight excluding hydrogens is 599 g/mol. The second-order valence-corrected chi connectivity index (χ2v) is 12.4. The van der Waals surface area contributed by atoms with Crippen molar-refractivity contribution in [3.05, 3.63) is 136 Å². The van der Waals surface area contributed by atoms with Gasteiger partial charge in [0, 0.05) is 36.7 Å². The third-order valence-corrected chi connectivity index (χ3v) is 8.73. The molecule has 0 aromatic heterocycles. The fraction of sp³-hybridized carbons (Fsp3) is 0.212. The Labute approximate surface area is 261 Å². The smallest absolute Gasteiger partial charge is 0.271 e. The van der Waals surface area contributed by atoms with Crippen molar-refractivity contribution in [2.45, 2.75) is 43.8 Å². The van der Waals surface area contributed by atoms with Crippen LogP contribution in [-0.2, 0) is 32.6 Å². The number of sulfonamides is 1. The minimum absolute atomic E-state index is 0.0574. The Balaban J connectivity index is 1.84. The summed E-state index contributed by atoms with van der Waals surface area (Å²) in [5.74, 6) is -1.93. The predicted octanol–water partition coefficient (Wildman–Crippen LogP) is 5.09. The molecule has 0 radical (unpaired) electrons. The van der Waals surface area contributed by atoms with E-state index in [2.05, 4.69) is 5.32 Å². The molecule has 0 heterocycles. The molecule has 0 aliphatic carbocycles. The molecule has 0 aliphatic heterocycles. The van der Waals surface area contributed by atoms with Crippen LogP contribution in [0.15, 0.2) is 114 Å². The number of rotatable bonds is 13. The second-order valence-electron chi connectivity index (χ2n) is 10.6. The number of nitro benzene ring substituents is 1. The summed E-state index contributed by atoms with van der Waals surface area (Å²) in [5.41, 5.74) is 0.336. The molecule has 2 amide bonds. The van der Waals surface area contributed by atoms with Gasteiger partial charge in [0.1, 0.15) is 18.4 Å². The first-order valence-electron chi connectivity index (χ1n) is 14.2. The quantitative estimate of drug-likeness (QED) is 0.161. The summed E-state index contributed by atoms with van der Waals surface area (Å²) in [6.45, 7) is 2.35. The number of nitrogens with one attached hydrogen (secondary N) is 1. The number of benzene rings is 4. The second kappa shape index (κ2) is 14.6. The number of hydrogen-bond acceptors (Lipinski definition) is 6. The molecule has 4 rings (SSSR count). The molecule has 0 aliphatic rings. The van der Waals surface area contributed by atoms with Gasteiger partial charge in [-0.25, -0.2) is 12.8 Å². The molecule has 1 N–H and O–H groups in total. The van der Waals surface area contributed by atoms with Gasteiger partial charge < -0.3 is 10.2 Å². The normalized spacial score (nSPS) is 11.9. The van der Waals surface area contributed by atoms with Crippen molar-refractivity contribution in [2.24, 2.45) is 0 Å². The molecular formula is C33H33FN4O6S. The molecule has 10 nitrogen and oxygen atoms in total. The van der Waals surface area contributed by atoms with Gasteiger partial charge in [-0.2, -0.15) is 0 Å². The predicted molar refractivity (Wildman–Crippen MR) is 168 cm³/mol. The first-order valence-corrected chi connectivity index (χ1v) is 15.6. The van der Waals surface area contributed by atoms with Crippen LogP contribution in [0, 0.1) is 15.9 Å². The number of non-ortho nitro benzene ring substituents is 1. The highest BCUT2D eigenvalue weighted by Gasteiger charge is 2.35. The number of anilines is 1. The van der Waals surface area contributed by atoms with Crippen molar-refractivity contribution < 1.29 is 27.3 Å². The van der Waals surface area contributed by atoms with E-state index in [1.165, 1.54) is 60.7 Å². The van der Waals surface area contributed by atoms with Crippen molar-refractivity contribution in [3.8, 4) is 0 Å². The van der Waals surface area contributed by atoms with Gasteiger partial charge in [0.15, 0.2) is 0 Å². The van der Waals surface area contributed by atoms with Crippen LogP contribution in [0.25, 0.3) is 0 Å². The molecule has 4 aromatic carbocycles. The molecule has 234 valence electrons. The maximum atomic E-state index is 15.0. The Bertz CT molecular complexity index is 1750. The summed E-state index contributed by atoms with van der Waals surface area (Å²) >= 11 is 0. The Morgan fingerprint density at radius 1 is 0.889 bits per heavy atom. The first-order chi connectivity index (χ1) is 21.5. The van der Waals surface area contributed by atoms with Crippen LogP contribution in [0.2, 0.25) is 0 Å². The van der Waals surface area contributed by atoms with Gasteiger partial charge in [-0.1, -0.05) is 72.8 Å². The maximum absolute atomic E-state index is 15.0. The van der Waals surface area contributed by atoms with E-state index >= 15 is 0 Å². The van der Waals surface area contributed by atoms with Gasteiger partial charge in [-0.05, 0) is 43.7 Å². The van der Waals surface area contributed by atoms with E-state index in [1.807, 2.05) is 0 Å². The van der Waals surface area contributed by atoms with Crippen LogP contribution in [0.4, 0.5) is 15.8 Å². The number of carbonyl (C=O) groups is 2. The van der Waals surface area contributed by atoms with Crippen LogP contribution in [0.1, 0.15) is 25.0 Å². The van der Waals surface area contributed by atoms with Crippen molar-refractivity contribution in [1.29, 1.82) is 0 Å². The van der Waals surface area contributed by atoms with Gasteiger partial charge in [0.25, 0.3) is 15.7 Å². The topological polar surface area (TPSA) is 130 Å². The average molecular weight is 633 g/mol. The zero-order chi connectivity index (χ0) is 32.6. The van der Waals surface area contributed by atoms with Gasteiger partial charge >= 0.3 is 0 Å². The Hall–Kier alpha value is -5.10. The van der Waals surface area contributed by atoms with Gasteiger partial charge in [-0.3, -0.25) is 24.0 Å². The highest BCUT2D eigenvalue weighted by atomic mass is 32.2. The van der Waals surface area contributed by atoms with Crippen LogP contribution >= 0.6 is 0 Å². The highest BCUT2D eigenvalue weighted by molar-refractivity contribution is 7.92. The summed E-state index contributed by atoms with van der Waals surface area (Å²) in [7, 11) is -4.44. The van der Waals surface area contributed by atoms with Crippen LogP contribution in [0.5, 0.6) is 0 Å². The van der Waals surface area contributed by atoms with Gasteiger partial charge in [0.05, 0.1) is 15.5 Å². The minimum atomic E-state index is -4.44. The fourth-order valence-corrected chi connectivity index (χ4v) is 6.18. The average Bonchev–Trinajstić information content (AvgIpc) is 3.02. The van der Waals surface area contributed by atoms with Crippen LogP contribution < -0.4 is 9.62 Å². The Morgan fingerprint density at radius 2 is 1.51 bits per heavy atom. The first kappa shape index (κ1) is 32.8. The third-order valence-electron chi connectivity index (χ3n) is 6.94. The summed E-state index contributed by atoms with van der Waals surface area (Å²) in [6.07, 6.45) is 0.0574. The molecule has 0 bridgehead atoms. The molecule has 0 fully saturated rings. The molecule has 0 unspecified atom stereocenters.